The number of carbonyl (C=O) groups is 1. The molecule has 1 unspecified atom stereocenters. The smallest absolute Gasteiger partial charge is 0.255 e. The molecule has 0 bridgehead atoms. The second kappa shape index (κ2) is 8.75. The van der Waals surface area contributed by atoms with E-state index in [1.165, 1.54) is 7.11 Å². The van der Waals surface area contributed by atoms with E-state index in [-0.39, 0.29) is 23.8 Å². The number of Topliss-reactive ketones (excluding diaryl/α,β-unsaturated/α-hetero) is 1. The van der Waals surface area contributed by atoms with Crippen molar-refractivity contribution in [3.63, 3.8) is 0 Å². The maximum Gasteiger partial charge on any atom is 0.255 e. The third-order valence-electron chi connectivity index (χ3n) is 5.40. The van der Waals surface area contributed by atoms with Crippen LogP contribution in [0.3, 0.4) is 0 Å². The number of allylic oxidation sites excluding steroid dienone is 1. The second-order valence-corrected chi connectivity index (χ2v) is 7.63. The number of nitrogens with zero attached hydrogens (tertiary/aromatic N) is 1. The Morgan fingerprint density at radius 1 is 1.27 bits per heavy atom. The predicted molar refractivity (Wildman–Crippen MR) is 119 cm³/mol. The third kappa shape index (κ3) is 3.98. The maximum atomic E-state index is 13.3. The fraction of sp³-hybridized carbons (Fsp3) is 0.391. The SMILES string of the molecule is C=C1C=Cc2c(C(=O)CCc3c(OC)cc(C)[nH]c3=O)c(C)n(C(C)COC)c2N1. The van der Waals surface area contributed by atoms with Gasteiger partial charge in [-0.2, -0.15) is 0 Å². The number of anilines is 1. The van der Waals surface area contributed by atoms with Crippen LogP contribution in [-0.4, -0.2) is 36.2 Å². The fourth-order valence-electron chi connectivity index (χ4n) is 4.09. The van der Waals surface area contributed by atoms with Gasteiger partial charge in [0.25, 0.3) is 5.56 Å². The van der Waals surface area contributed by atoms with Gasteiger partial charge >= 0.3 is 0 Å². The van der Waals surface area contributed by atoms with Crippen LogP contribution in [0, 0.1) is 13.8 Å². The number of fused-ring (bicyclic) bond motifs is 1. The molecular weight excluding hydrogens is 382 g/mol. The normalized spacial score (nSPS) is 13.7. The van der Waals surface area contributed by atoms with Crippen LogP contribution in [0.2, 0.25) is 0 Å². The van der Waals surface area contributed by atoms with Gasteiger partial charge in [0.15, 0.2) is 5.78 Å². The van der Waals surface area contributed by atoms with E-state index >= 15 is 0 Å². The standard InChI is InChI=1S/C23H29N3O4/c1-13-7-8-18-21(16(4)26(22(18)24-13)15(3)12-29-5)19(27)10-9-17-20(30-6)11-14(2)25-23(17)28/h7-8,11,15,24H,1,9-10,12H2,2-6H3,(H,25,28). The molecule has 3 rings (SSSR count). The highest BCUT2D eigenvalue weighted by molar-refractivity contribution is 6.03. The highest BCUT2D eigenvalue weighted by atomic mass is 16.5. The quantitative estimate of drug-likeness (QED) is 0.646. The lowest BCUT2D eigenvalue weighted by Gasteiger charge is -2.21. The van der Waals surface area contributed by atoms with Crippen molar-refractivity contribution in [1.29, 1.82) is 0 Å². The van der Waals surface area contributed by atoms with Crippen LogP contribution in [-0.2, 0) is 11.2 Å². The Kier molecular flexibility index (Phi) is 6.31. The number of methoxy groups -OCH3 is 2. The van der Waals surface area contributed by atoms with Gasteiger partial charge in [0.05, 0.1) is 25.3 Å². The van der Waals surface area contributed by atoms with Gasteiger partial charge in [-0.05, 0) is 45.4 Å². The van der Waals surface area contributed by atoms with Crippen molar-refractivity contribution in [3.05, 3.63) is 62.9 Å². The monoisotopic (exact) mass is 411 g/mol. The van der Waals surface area contributed by atoms with Gasteiger partial charge in [0.2, 0.25) is 0 Å². The summed E-state index contributed by atoms with van der Waals surface area (Å²) in [6, 6.07) is 1.81. The largest absolute Gasteiger partial charge is 0.496 e. The highest BCUT2D eigenvalue weighted by Crippen LogP contribution is 2.36. The van der Waals surface area contributed by atoms with E-state index in [9.17, 15) is 9.59 Å². The van der Waals surface area contributed by atoms with Crippen LogP contribution in [0.4, 0.5) is 5.82 Å². The first-order valence-corrected chi connectivity index (χ1v) is 9.96. The number of ketones is 1. The predicted octanol–water partition coefficient (Wildman–Crippen LogP) is 3.78. The van der Waals surface area contributed by atoms with Crippen LogP contribution in [0.1, 0.15) is 52.3 Å². The number of aromatic amines is 1. The van der Waals surface area contributed by atoms with E-state index in [0.717, 1.165) is 28.5 Å². The summed E-state index contributed by atoms with van der Waals surface area (Å²) in [5.41, 5.74) is 4.12. The van der Waals surface area contributed by atoms with Gasteiger partial charge in [-0.25, -0.2) is 0 Å². The molecule has 7 nitrogen and oxygen atoms in total. The molecule has 160 valence electrons. The van der Waals surface area contributed by atoms with E-state index in [0.29, 0.717) is 29.9 Å². The summed E-state index contributed by atoms with van der Waals surface area (Å²) in [5, 5.41) is 3.29. The molecule has 1 aliphatic heterocycles. The van der Waals surface area contributed by atoms with Crippen LogP contribution in [0.15, 0.2) is 29.2 Å². The molecular formula is C23H29N3O4. The molecule has 0 amide bonds. The molecule has 2 aromatic rings. The van der Waals surface area contributed by atoms with Crippen molar-refractivity contribution >= 4 is 17.7 Å². The first-order valence-electron chi connectivity index (χ1n) is 9.96. The number of rotatable bonds is 8. The average molecular weight is 412 g/mol. The molecule has 3 heterocycles. The minimum Gasteiger partial charge on any atom is -0.496 e. The number of ether oxygens (including phenoxy) is 2. The van der Waals surface area contributed by atoms with Crippen molar-refractivity contribution in [2.24, 2.45) is 0 Å². The summed E-state index contributed by atoms with van der Waals surface area (Å²) in [7, 11) is 3.19. The summed E-state index contributed by atoms with van der Waals surface area (Å²) in [6.45, 7) is 10.3. The van der Waals surface area contributed by atoms with Crippen molar-refractivity contribution in [1.82, 2.24) is 9.55 Å². The van der Waals surface area contributed by atoms with Gasteiger partial charge in [0.1, 0.15) is 11.6 Å². The summed E-state index contributed by atoms with van der Waals surface area (Å²) in [4.78, 5) is 28.4. The van der Waals surface area contributed by atoms with Crippen LogP contribution < -0.4 is 15.6 Å². The molecule has 2 aromatic heterocycles. The Morgan fingerprint density at radius 3 is 2.67 bits per heavy atom. The van der Waals surface area contributed by atoms with Gasteiger partial charge in [-0.15, -0.1) is 0 Å². The summed E-state index contributed by atoms with van der Waals surface area (Å²) in [5.74, 6) is 1.33. The highest BCUT2D eigenvalue weighted by Gasteiger charge is 2.27. The summed E-state index contributed by atoms with van der Waals surface area (Å²) < 4.78 is 12.8. The lowest BCUT2D eigenvalue weighted by Crippen LogP contribution is -2.17. The minimum absolute atomic E-state index is 0.0203. The van der Waals surface area contributed by atoms with Gasteiger partial charge in [-0.1, -0.05) is 6.58 Å². The van der Waals surface area contributed by atoms with Gasteiger partial charge < -0.3 is 24.3 Å². The van der Waals surface area contributed by atoms with Crippen molar-refractivity contribution in [3.8, 4) is 5.75 Å². The molecule has 0 saturated heterocycles. The number of H-pyrrole nitrogens is 1. The van der Waals surface area contributed by atoms with E-state index in [2.05, 4.69) is 21.4 Å². The molecule has 7 heteroatoms. The average Bonchev–Trinajstić information content (AvgIpc) is 2.97. The summed E-state index contributed by atoms with van der Waals surface area (Å²) >= 11 is 0. The second-order valence-electron chi connectivity index (χ2n) is 7.63. The Labute approximate surface area is 176 Å². The molecule has 30 heavy (non-hydrogen) atoms. The Bertz CT molecular complexity index is 1080. The number of hydrogen-bond acceptors (Lipinski definition) is 5. The zero-order chi connectivity index (χ0) is 22.0. The van der Waals surface area contributed by atoms with E-state index in [1.807, 2.05) is 26.0 Å². The number of pyridine rings is 1. The fourth-order valence-corrected chi connectivity index (χ4v) is 4.09. The van der Waals surface area contributed by atoms with Crippen molar-refractivity contribution in [2.75, 3.05) is 26.1 Å². The zero-order valence-electron chi connectivity index (χ0n) is 18.2. The minimum atomic E-state index is -0.220. The Hall–Kier alpha value is -3.06. The molecule has 1 atom stereocenters. The molecule has 0 saturated carbocycles. The van der Waals surface area contributed by atoms with Crippen molar-refractivity contribution in [2.45, 2.75) is 39.7 Å². The lowest BCUT2D eigenvalue weighted by atomic mass is 9.98. The van der Waals surface area contributed by atoms with Gasteiger partial charge in [0, 0.05) is 41.7 Å². The van der Waals surface area contributed by atoms with E-state index < -0.39 is 0 Å². The number of nitrogens with one attached hydrogen (secondary N) is 2. The first-order chi connectivity index (χ1) is 14.3. The molecule has 2 N–H and O–H groups in total. The molecule has 0 aliphatic carbocycles. The molecule has 0 spiro atoms. The Morgan fingerprint density at radius 2 is 2.00 bits per heavy atom. The topological polar surface area (TPSA) is 85.4 Å². The van der Waals surface area contributed by atoms with Crippen LogP contribution in [0.25, 0.3) is 6.08 Å². The number of hydrogen-bond donors (Lipinski definition) is 2. The molecule has 0 aromatic carbocycles. The Balaban J connectivity index is 1.96. The first kappa shape index (κ1) is 21.6. The number of aromatic nitrogens is 2. The van der Waals surface area contributed by atoms with Crippen LogP contribution >= 0.6 is 0 Å². The summed E-state index contributed by atoms with van der Waals surface area (Å²) in [6.07, 6.45) is 4.28. The number of aryl methyl sites for hydroxylation is 1. The molecule has 0 fully saturated rings. The third-order valence-corrected chi connectivity index (χ3v) is 5.40. The lowest BCUT2D eigenvalue weighted by molar-refractivity contribution is 0.0981. The maximum absolute atomic E-state index is 13.3. The van der Waals surface area contributed by atoms with Crippen LogP contribution in [0.5, 0.6) is 5.75 Å². The van der Waals surface area contributed by atoms with E-state index in [1.54, 1.807) is 20.1 Å². The van der Waals surface area contributed by atoms with E-state index in [4.69, 9.17) is 9.47 Å². The van der Waals surface area contributed by atoms with Gasteiger partial charge in [-0.3, -0.25) is 9.59 Å². The van der Waals surface area contributed by atoms with Crippen molar-refractivity contribution < 1.29 is 14.3 Å². The number of carbonyl (C=O) groups excluding carboxylic acids is 1. The zero-order valence-corrected chi connectivity index (χ0v) is 18.2. The molecule has 0 radical (unpaired) electrons. The molecule has 1 aliphatic rings.